The number of imidazole rings is 1. The zero-order valence-electron chi connectivity index (χ0n) is 9.98. The molecule has 1 aliphatic heterocycles. The number of piperidine rings is 1. The summed E-state index contributed by atoms with van der Waals surface area (Å²) in [5.41, 5.74) is 3.27. The fraction of sp³-hybridized carbons (Fsp3) is 0.462. The number of hydrogen-bond donors (Lipinski definition) is 2. The number of nitrogens with zero attached hydrogens (tertiary/aromatic N) is 2. The lowest BCUT2D eigenvalue weighted by molar-refractivity contribution is 0.453. The van der Waals surface area contributed by atoms with Crippen LogP contribution >= 0.6 is 0 Å². The van der Waals surface area contributed by atoms with Crippen molar-refractivity contribution in [2.75, 3.05) is 13.1 Å². The van der Waals surface area contributed by atoms with E-state index >= 15 is 0 Å². The monoisotopic (exact) mass is 231 g/mol. The second kappa shape index (κ2) is 4.04. The average molecular weight is 231 g/mol. The molecule has 2 aromatic rings. The van der Waals surface area contributed by atoms with E-state index in [0.717, 1.165) is 37.3 Å². The molecule has 90 valence electrons. The third-order valence-corrected chi connectivity index (χ3v) is 3.60. The van der Waals surface area contributed by atoms with Crippen molar-refractivity contribution in [2.24, 2.45) is 0 Å². The highest BCUT2D eigenvalue weighted by atomic mass is 16.3. The molecular weight excluding hydrogens is 214 g/mol. The maximum Gasteiger partial charge on any atom is 0.137 e. The van der Waals surface area contributed by atoms with E-state index in [1.54, 1.807) is 12.3 Å². The van der Waals surface area contributed by atoms with Crippen LogP contribution < -0.4 is 5.32 Å². The predicted octanol–water partition coefficient (Wildman–Crippen LogP) is 1.82. The molecule has 0 aliphatic carbocycles. The van der Waals surface area contributed by atoms with E-state index in [1.807, 2.05) is 10.5 Å². The van der Waals surface area contributed by atoms with Crippen molar-refractivity contribution >= 4 is 5.65 Å². The normalized spacial score (nSPS) is 17.7. The van der Waals surface area contributed by atoms with Gasteiger partial charge in [0.2, 0.25) is 0 Å². The lowest BCUT2D eigenvalue weighted by Crippen LogP contribution is -2.27. The van der Waals surface area contributed by atoms with Gasteiger partial charge in [0.25, 0.3) is 0 Å². The van der Waals surface area contributed by atoms with Crippen molar-refractivity contribution in [1.82, 2.24) is 14.7 Å². The molecule has 2 N–H and O–H groups in total. The van der Waals surface area contributed by atoms with Crippen LogP contribution in [0.1, 0.15) is 30.1 Å². The molecule has 4 heteroatoms. The zero-order valence-corrected chi connectivity index (χ0v) is 9.98. The highest BCUT2D eigenvalue weighted by Crippen LogP contribution is 2.28. The van der Waals surface area contributed by atoms with Crippen LogP contribution in [0.2, 0.25) is 0 Å². The Hall–Kier alpha value is -1.55. The summed E-state index contributed by atoms with van der Waals surface area (Å²) in [4.78, 5) is 4.70. The molecule has 0 unspecified atom stereocenters. The van der Waals surface area contributed by atoms with Gasteiger partial charge in [0.1, 0.15) is 11.4 Å². The van der Waals surface area contributed by atoms with E-state index in [2.05, 4.69) is 12.2 Å². The summed E-state index contributed by atoms with van der Waals surface area (Å²) < 4.78 is 1.98. The van der Waals surface area contributed by atoms with E-state index in [1.165, 1.54) is 5.69 Å². The van der Waals surface area contributed by atoms with Crippen LogP contribution in [0, 0.1) is 6.92 Å². The summed E-state index contributed by atoms with van der Waals surface area (Å²) >= 11 is 0. The van der Waals surface area contributed by atoms with Gasteiger partial charge in [-0.1, -0.05) is 0 Å². The molecule has 1 aliphatic rings. The fourth-order valence-electron chi connectivity index (χ4n) is 2.65. The van der Waals surface area contributed by atoms with Crippen molar-refractivity contribution in [3.05, 3.63) is 29.7 Å². The van der Waals surface area contributed by atoms with Gasteiger partial charge in [-0.15, -0.1) is 0 Å². The van der Waals surface area contributed by atoms with E-state index in [4.69, 9.17) is 4.98 Å². The Bertz CT molecular complexity index is 541. The van der Waals surface area contributed by atoms with Crippen LogP contribution in [0.25, 0.3) is 5.65 Å². The highest BCUT2D eigenvalue weighted by Gasteiger charge is 2.21. The summed E-state index contributed by atoms with van der Waals surface area (Å²) in [5.74, 6) is 0.841. The van der Waals surface area contributed by atoms with Crippen molar-refractivity contribution in [1.29, 1.82) is 0 Å². The molecule has 17 heavy (non-hydrogen) atoms. The first kappa shape index (κ1) is 10.6. The van der Waals surface area contributed by atoms with Crippen LogP contribution in [0.15, 0.2) is 18.3 Å². The van der Waals surface area contributed by atoms with Crippen LogP contribution in [0.4, 0.5) is 0 Å². The van der Waals surface area contributed by atoms with Gasteiger partial charge in [-0.05, 0) is 45.0 Å². The van der Waals surface area contributed by atoms with Gasteiger partial charge in [0, 0.05) is 11.6 Å². The number of rotatable bonds is 1. The summed E-state index contributed by atoms with van der Waals surface area (Å²) in [6, 6.07) is 3.56. The third-order valence-electron chi connectivity index (χ3n) is 3.60. The first-order chi connectivity index (χ1) is 8.25. The molecule has 1 saturated heterocycles. The molecule has 1 fully saturated rings. The SMILES string of the molecule is Cc1c(C2CCNCC2)nc2ccc(O)cn12. The van der Waals surface area contributed by atoms with Crippen molar-refractivity contribution in [3.8, 4) is 5.75 Å². The van der Waals surface area contributed by atoms with Gasteiger partial charge < -0.3 is 14.8 Å². The molecule has 0 saturated carbocycles. The lowest BCUT2D eigenvalue weighted by Gasteiger charge is -2.21. The fourth-order valence-corrected chi connectivity index (χ4v) is 2.65. The largest absolute Gasteiger partial charge is 0.506 e. The maximum atomic E-state index is 9.52. The molecule has 0 atom stereocenters. The number of hydrogen-bond acceptors (Lipinski definition) is 3. The zero-order chi connectivity index (χ0) is 11.8. The number of aromatic nitrogens is 2. The maximum absolute atomic E-state index is 9.52. The number of aryl methyl sites for hydroxylation is 1. The molecule has 0 aromatic carbocycles. The van der Waals surface area contributed by atoms with Crippen molar-refractivity contribution in [3.63, 3.8) is 0 Å². The van der Waals surface area contributed by atoms with E-state index < -0.39 is 0 Å². The van der Waals surface area contributed by atoms with Gasteiger partial charge in [-0.25, -0.2) is 4.98 Å². The molecule has 0 bridgehead atoms. The molecule has 0 spiro atoms. The Morgan fingerprint density at radius 2 is 2.12 bits per heavy atom. The Morgan fingerprint density at radius 3 is 2.88 bits per heavy atom. The Balaban J connectivity index is 2.07. The Labute approximate surface area is 100 Å². The van der Waals surface area contributed by atoms with Crippen LogP contribution in [0.3, 0.4) is 0 Å². The number of fused-ring (bicyclic) bond motifs is 1. The van der Waals surface area contributed by atoms with E-state index in [0.29, 0.717) is 5.92 Å². The van der Waals surface area contributed by atoms with Gasteiger partial charge in [-0.2, -0.15) is 0 Å². The summed E-state index contributed by atoms with van der Waals surface area (Å²) in [7, 11) is 0. The first-order valence-corrected chi connectivity index (χ1v) is 6.14. The van der Waals surface area contributed by atoms with Crippen LogP contribution in [-0.4, -0.2) is 27.6 Å². The summed E-state index contributed by atoms with van der Waals surface area (Å²) in [6.07, 6.45) is 4.04. The summed E-state index contributed by atoms with van der Waals surface area (Å²) in [5, 5.41) is 12.9. The molecular formula is C13H17N3O. The molecule has 3 rings (SSSR count). The second-order valence-corrected chi connectivity index (χ2v) is 4.72. The molecule has 2 aromatic heterocycles. The van der Waals surface area contributed by atoms with Gasteiger partial charge in [-0.3, -0.25) is 0 Å². The molecule has 3 heterocycles. The smallest absolute Gasteiger partial charge is 0.137 e. The second-order valence-electron chi connectivity index (χ2n) is 4.72. The van der Waals surface area contributed by atoms with E-state index in [-0.39, 0.29) is 5.75 Å². The van der Waals surface area contributed by atoms with Crippen LogP contribution in [-0.2, 0) is 0 Å². The predicted molar refractivity (Wildman–Crippen MR) is 66.4 cm³/mol. The quantitative estimate of drug-likeness (QED) is 0.787. The van der Waals surface area contributed by atoms with Gasteiger partial charge >= 0.3 is 0 Å². The average Bonchev–Trinajstić information content (AvgIpc) is 2.68. The Morgan fingerprint density at radius 1 is 1.35 bits per heavy atom. The standard InChI is InChI=1S/C13H17N3O/c1-9-13(10-4-6-14-7-5-10)15-12-3-2-11(17)8-16(9)12/h2-3,8,10,14,17H,4-7H2,1H3. The minimum atomic E-state index is 0.287. The van der Waals surface area contributed by atoms with Crippen molar-refractivity contribution < 1.29 is 5.11 Å². The van der Waals surface area contributed by atoms with E-state index in [9.17, 15) is 5.11 Å². The van der Waals surface area contributed by atoms with Crippen molar-refractivity contribution in [2.45, 2.75) is 25.7 Å². The first-order valence-electron chi connectivity index (χ1n) is 6.14. The number of nitrogens with one attached hydrogen (secondary N) is 1. The van der Waals surface area contributed by atoms with Gasteiger partial charge in [0.15, 0.2) is 0 Å². The highest BCUT2D eigenvalue weighted by molar-refractivity contribution is 5.46. The Kier molecular flexibility index (Phi) is 2.52. The molecule has 4 nitrogen and oxygen atoms in total. The van der Waals surface area contributed by atoms with Crippen LogP contribution in [0.5, 0.6) is 5.75 Å². The topological polar surface area (TPSA) is 49.6 Å². The lowest BCUT2D eigenvalue weighted by atomic mass is 9.94. The molecule has 0 amide bonds. The third kappa shape index (κ3) is 1.78. The minimum Gasteiger partial charge on any atom is -0.506 e. The number of aromatic hydroxyl groups is 1. The number of pyridine rings is 1. The van der Waals surface area contributed by atoms with Gasteiger partial charge in [0.05, 0.1) is 11.9 Å². The summed E-state index contributed by atoms with van der Waals surface area (Å²) in [6.45, 7) is 4.23. The minimum absolute atomic E-state index is 0.287. The molecule has 0 radical (unpaired) electrons.